The molecule has 0 spiro atoms. The maximum Gasteiger partial charge on any atom is 0.136 e. The summed E-state index contributed by atoms with van der Waals surface area (Å²) in [5.41, 5.74) is 12.2. The number of fused-ring (bicyclic) bond motifs is 5. The molecule has 0 aliphatic carbocycles. The lowest BCUT2D eigenvalue weighted by Crippen LogP contribution is -2.09. The molecule has 226 valence electrons. The first kappa shape index (κ1) is 27.9. The lowest BCUT2D eigenvalue weighted by Gasteiger charge is -2.26. The first-order valence-corrected chi connectivity index (χ1v) is 16.3. The van der Waals surface area contributed by atoms with Gasteiger partial charge >= 0.3 is 0 Å². The van der Waals surface area contributed by atoms with Crippen molar-refractivity contribution in [1.29, 1.82) is 0 Å². The van der Waals surface area contributed by atoms with E-state index in [9.17, 15) is 0 Å². The van der Waals surface area contributed by atoms with Gasteiger partial charge in [0.1, 0.15) is 11.2 Å². The lowest BCUT2D eigenvalue weighted by atomic mass is 9.92. The lowest BCUT2D eigenvalue weighted by molar-refractivity contribution is 0.669. The van der Waals surface area contributed by atoms with E-state index < -0.39 is 0 Å². The monoisotopic (exact) mass is 613 g/mol. The highest BCUT2D eigenvalue weighted by Gasteiger charge is 2.17. The molecule has 8 aromatic carbocycles. The smallest absolute Gasteiger partial charge is 0.136 e. The Morgan fingerprint density at radius 3 is 1.65 bits per heavy atom. The van der Waals surface area contributed by atoms with Crippen molar-refractivity contribution in [3.05, 3.63) is 188 Å². The van der Waals surface area contributed by atoms with Gasteiger partial charge in [-0.15, -0.1) is 0 Å². The van der Waals surface area contributed by atoms with Crippen LogP contribution in [0.5, 0.6) is 0 Å². The molecule has 0 fully saturated rings. The Kier molecular flexibility index (Phi) is 6.84. The van der Waals surface area contributed by atoms with E-state index in [4.69, 9.17) is 4.42 Å². The second kappa shape index (κ2) is 11.8. The fourth-order valence-corrected chi connectivity index (χ4v) is 6.96. The third-order valence-electron chi connectivity index (χ3n) is 9.25. The molecular weight excluding hydrogens is 583 g/mol. The Morgan fingerprint density at radius 1 is 0.312 bits per heavy atom. The molecule has 0 atom stereocenters. The molecule has 0 bridgehead atoms. The quantitative estimate of drug-likeness (QED) is 0.185. The van der Waals surface area contributed by atoms with Crippen molar-refractivity contribution in [2.45, 2.75) is 0 Å². The molecule has 9 aromatic rings. The normalized spacial score (nSPS) is 11.3. The van der Waals surface area contributed by atoms with Gasteiger partial charge in [-0.3, -0.25) is 0 Å². The maximum absolute atomic E-state index is 6.39. The third-order valence-corrected chi connectivity index (χ3v) is 9.25. The molecule has 2 heteroatoms. The predicted molar refractivity (Wildman–Crippen MR) is 202 cm³/mol. The van der Waals surface area contributed by atoms with Crippen LogP contribution in [0, 0.1) is 0 Å². The van der Waals surface area contributed by atoms with Gasteiger partial charge < -0.3 is 9.32 Å². The summed E-state index contributed by atoms with van der Waals surface area (Å²) in [4.78, 5) is 2.33. The highest BCUT2D eigenvalue weighted by Crippen LogP contribution is 2.42. The largest absolute Gasteiger partial charge is 0.456 e. The first-order chi connectivity index (χ1) is 23.8. The van der Waals surface area contributed by atoms with Crippen molar-refractivity contribution >= 4 is 49.8 Å². The van der Waals surface area contributed by atoms with Crippen LogP contribution in [0.15, 0.2) is 192 Å². The minimum absolute atomic E-state index is 0.911. The molecule has 48 heavy (non-hydrogen) atoms. The second-order valence-electron chi connectivity index (χ2n) is 12.2. The Labute approximate surface area is 279 Å². The van der Waals surface area contributed by atoms with E-state index in [1.54, 1.807) is 0 Å². The summed E-state index contributed by atoms with van der Waals surface area (Å²) < 4.78 is 6.39. The van der Waals surface area contributed by atoms with Crippen LogP contribution in [0.4, 0.5) is 17.1 Å². The number of para-hydroxylation sites is 2. The van der Waals surface area contributed by atoms with Gasteiger partial charge in [-0.1, -0.05) is 133 Å². The molecule has 0 aliphatic rings. The van der Waals surface area contributed by atoms with Gasteiger partial charge in [-0.25, -0.2) is 0 Å². The van der Waals surface area contributed by atoms with Crippen LogP contribution in [0.3, 0.4) is 0 Å². The minimum Gasteiger partial charge on any atom is -0.456 e. The van der Waals surface area contributed by atoms with E-state index in [0.717, 1.165) is 44.6 Å². The molecule has 9 rings (SSSR count). The zero-order valence-electron chi connectivity index (χ0n) is 26.3. The van der Waals surface area contributed by atoms with E-state index in [1.165, 1.54) is 38.6 Å². The number of rotatable bonds is 6. The van der Waals surface area contributed by atoms with Crippen molar-refractivity contribution < 1.29 is 4.42 Å². The average molecular weight is 614 g/mol. The van der Waals surface area contributed by atoms with Crippen molar-refractivity contribution in [3.8, 4) is 33.4 Å². The summed E-state index contributed by atoms with van der Waals surface area (Å²) in [7, 11) is 0. The summed E-state index contributed by atoms with van der Waals surface area (Å²) >= 11 is 0. The highest BCUT2D eigenvalue weighted by molar-refractivity contribution is 6.22. The Bertz CT molecular complexity index is 2530. The maximum atomic E-state index is 6.39. The van der Waals surface area contributed by atoms with Gasteiger partial charge in [0.25, 0.3) is 0 Å². The predicted octanol–water partition coefficient (Wildman–Crippen LogP) is 13.2. The van der Waals surface area contributed by atoms with Crippen LogP contribution in [0.1, 0.15) is 0 Å². The van der Waals surface area contributed by atoms with Gasteiger partial charge in [0.15, 0.2) is 0 Å². The molecule has 1 aromatic heterocycles. The molecule has 2 nitrogen and oxygen atoms in total. The molecular formula is C46H31NO. The number of hydrogen-bond donors (Lipinski definition) is 0. The molecule has 0 saturated carbocycles. The molecule has 0 amide bonds. The summed E-state index contributed by atoms with van der Waals surface area (Å²) in [6, 6.07) is 66.9. The van der Waals surface area contributed by atoms with E-state index in [0.29, 0.717) is 0 Å². The van der Waals surface area contributed by atoms with Gasteiger partial charge in [0.2, 0.25) is 0 Å². The zero-order chi connectivity index (χ0) is 31.9. The topological polar surface area (TPSA) is 16.4 Å². The average Bonchev–Trinajstić information content (AvgIpc) is 3.55. The number of anilines is 3. The molecule has 0 radical (unpaired) electrons. The van der Waals surface area contributed by atoms with E-state index in [-0.39, 0.29) is 0 Å². The van der Waals surface area contributed by atoms with Crippen LogP contribution in [0.2, 0.25) is 0 Å². The number of benzene rings is 8. The van der Waals surface area contributed by atoms with Crippen LogP contribution < -0.4 is 4.90 Å². The summed E-state index contributed by atoms with van der Waals surface area (Å²) in [6.45, 7) is 0. The Hall–Kier alpha value is -6.38. The minimum atomic E-state index is 0.911. The number of furan rings is 1. The number of hydrogen-bond acceptors (Lipinski definition) is 2. The molecule has 0 saturated heterocycles. The molecule has 0 aliphatic heterocycles. The molecule has 1 heterocycles. The fraction of sp³-hybridized carbons (Fsp3) is 0. The van der Waals surface area contributed by atoms with Crippen molar-refractivity contribution in [3.63, 3.8) is 0 Å². The van der Waals surface area contributed by atoms with Gasteiger partial charge in [-0.2, -0.15) is 0 Å². The van der Waals surface area contributed by atoms with Crippen LogP contribution >= 0.6 is 0 Å². The number of nitrogens with zero attached hydrogens (tertiary/aromatic N) is 1. The summed E-state index contributed by atoms with van der Waals surface area (Å²) in [5, 5.41) is 4.71. The standard InChI is InChI=1S/C46H31NO/c1-4-13-32(14-5-1)33-23-26-38(27-24-33)47(37-18-8-3-9-19-37)39-20-12-17-35(29-39)36-25-28-40-43(30-36)42(34-15-6-2-7-16-34)31-45-46(40)41-21-10-11-22-44(41)48-45/h1-31H. The zero-order valence-corrected chi connectivity index (χ0v) is 26.3. The van der Waals surface area contributed by atoms with Crippen LogP contribution in [0.25, 0.3) is 66.1 Å². The van der Waals surface area contributed by atoms with Crippen LogP contribution in [-0.4, -0.2) is 0 Å². The Morgan fingerprint density at radius 2 is 0.875 bits per heavy atom. The highest BCUT2D eigenvalue weighted by atomic mass is 16.3. The Balaban J connectivity index is 1.19. The van der Waals surface area contributed by atoms with Gasteiger partial charge in [0, 0.05) is 27.8 Å². The van der Waals surface area contributed by atoms with Gasteiger partial charge in [-0.05, 0) is 98.8 Å². The summed E-state index contributed by atoms with van der Waals surface area (Å²) in [5.74, 6) is 0. The van der Waals surface area contributed by atoms with Crippen molar-refractivity contribution in [2.24, 2.45) is 0 Å². The van der Waals surface area contributed by atoms with Gasteiger partial charge in [0.05, 0.1) is 0 Å². The van der Waals surface area contributed by atoms with E-state index in [1.807, 2.05) is 6.07 Å². The van der Waals surface area contributed by atoms with Crippen LogP contribution in [-0.2, 0) is 0 Å². The first-order valence-electron chi connectivity index (χ1n) is 16.3. The second-order valence-corrected chi connectivity index (χ2v) is 12.2. The fourth-order valence-electron chi connectivity index (χ4n) is 6.96. The van der Waals surface area contributed by atoms with Crippen molar-refractivity contribution in [1.82, 2.24) is 0 Å². The molecule has 0 unspecified atom stereocenters. The van der Waals surface area contributed by atoms with E-state index in [2.05, 4.69) is 187 Å². The molecule has 0 N–H and O–H groups in total. The third kappa shape index (κ3) is 4.92. The van der Waals surface area contributed by atoms with E-state index >= 15 is 0 Å². The SMILES string of the molecule is c1ccc(-c2ccc(N(c3ccccc3)c3cccc(-c4ccc5c(c4)c(-c4ccccc4)cc4oc6ccccc6c45)c3)cc2)cc1. The summed E-state index contributed by atoms with van der Waals surface area (Å²) in [6.07, 6.45) is 0. The van der Waals surface area contributed by atoms with Crippen molar-refractivity contribution in [2.75, 3.05) is 4.90 Å².